The van der Waals surface area contributed by atoms with Gasteiger partial charge in [-0.05, 0) is 20.3 Å². The van der Waals surface area contributed by atoms with Crippen LogP contribution in [0.4, 0.5) is 0 Å². The standard InChI is InChI=1S/C13H23IO4/c1-7-12(4,14)10(15)18-9-11(2,3)8-17-13(9,5)16-6/h9H,7-8H2,1-6H3. The third kappa shape index (κ3) is 2.99. The van der Waals surface area contributed by atoms with Gasteiger partial charge in [0.05, 0.1) is 6.61 Å². The summed E-state index contributed by atoms with van der Waals surface area (Å²) in [5.74, 6) is -1.07. The summed E-state index contributed by atoms with van der Waals surface area (Å²) in [5, 5.41) is 0. The lowest BCUT2D eigenvalue weighted by atomic mass is 9.86. The first-order chi connectivity index (χ1) is 8.09. The number of halogens is 1. The number of hydrogen-bond donors (Lipinski definition) is 0. The van der Waals surface area contributed by atoms with E-state index >= 15 is 0 Å². The molecule has 0 aromatic carbocycles. The minimum Gasteiger partial charge on any atom is -0.455 e. The molecule has 0 saturated carbocycles. The van der Waals surface area contributed by atoms with Crippen molar-refractivity contribution in [1.82, 2.24) is 0 Å². The summed E-state index contributed by atoms with van der Waals surface area (Å²) >= 11 is 2.13. The molecule has 0 spiro atoms. The van der Waals surface area contributed by atoms with E-state index in [9.17, 15) is 4.79 Å². The van der Waals surface area contributed by atoms with Crippen molar-refractivity contribution < 1.29 is 19.0 Å². The molecule has 5 heteroatoms. The van der Waals surface area contributed by atoms with Crippen LogP contribution in [-0.4, -0.2) is 35.0 Å². The Morgan fingerprint density at radius 1 is 1.50 bits per heavy atom. The first-order valence-electron chi connectivity index (χ1n) is 6.18. The highest BCUT2D eigenvalue weighted by molar-refractivity contribution is 14.1. The van der Waals surface area contributed by atoms with Gasteiger partial charge in [-0.25, -0.2) is 0 Å². The predicted octanol–water partition coefficient (Wildman–Crippen LogP) is 2.92. The highest BCUT2D eigenvalue weighted by atomic mass is 127. The Morgan fingerprint density at radius 2 is 2.06 bits per heavy atom. The van der Waals surface area contributed by atoms with E-state index in [1.807, 2.05) is 34.6 Å². The number of esters is 1. The molecule has 0 bridgehead atoms. The normalized spacial score (nSPS) is 34.1. The Labute approximate surface area is 123 Å². The van der Waals surface area contributed by atoms with Crippen molar-refractivity contribution in [2.24, 2.45) is 5.41 Å². The van der Waals surface area contributed by atoms with Crippen molar-refractivity contribution in [1.29, 1.82) is 0 Å². The molecule has 1 fully saturated rings. The minimum atomic E-state index is -0.861. The first kappa shape index (κ1) is 16.2. The van der Waals surface area contributed by atoms with Crippen LogP contribution in [0.2, 0.25) is 0 Å². The molecule has 1 saturated heterocycles. The molecule has 1 heterocycles. The number of hydrogen-bond acceptors (Lipinski definition) is 4. The van der Waals surface area contributed by atoms with Crippen LogP contribution in [0.15, 0.2) is 0 Å². The van der Waals surface area contributed by atoms with Crippen LogP contribution < -0.4 is 0 Å². The third-order valence-corrected chi connectivity index (χ3v) is 4.84. The number of methoxy groups -OCH3 is 1. The number of carbonyl (C=O) groups excluding carboxylic acids is 1. The van der Waals surface area contributed by atoms with Crippen molar-refractivity contribution >= 4 is 28.6 Å². The second-order valence-corrected chi connectivity index (χ2v) is 8.21. The van der Waals surface area contributed by atoms with Crippen molar-refractivity contribution in [2.45, 2.75) is 56.4 Å². The lowest BCUT2D eigenvalue weighted by Crippen LogP contribution is -2.48. The van der Waals surface area contributed by atoms with E-state index in [1.54, 1.807) is 7.11 Å². The molecule has 4 nitrogen and oxygen atoms in total. The molecule has 106 valence electrons. The Kier molecular flexibility index (Phi) is 4.71. The predicted molar refractivity (Wildman–Crippen MR) is 77.7 cm³/mol. The second-order valence-electron chi connectivity index (χ2n) is 5.83. The highest BCUT2D eigenvalue weighted by Crippen LogP contribution is 2.42. The summed E-state index contributed by atoms with van der Waals surface area (Å²) < 4.78 is 16.2. The Balaban J connectivity index is 2.89. The van der Waals surface area contributed by atoms with Crippen LogP contribution in [0.5, 0.6) is 0 Å². The fourth-order valence-corrected chi connectivity index (χ4v) is 2.12. The molecule has 0 radical (unpaired) electrons. The average Bonchev–Trinajstić information content (AvgIpc) is 2.53. The van der Waals surface area contributed by atoms with Gasteiger partial charge in [-0.1, -0.05) is 43.4 Å². The maximum absolute atomic E-state index is 12.2. The SMILES string of the molecule is CCC(C)(I)C(=O)OC1C(C)(C)COC1(C)OC. The van der Waals surface area contributed by atoms with Crippen LogP contribution in [0, 0.1) is 5.41 Å². The lowest BCUT2D eigenvalue weighted by molar-refractivity contribution is -0.232. The Hall–Kier alpha value is 0.120. The quantitative estimate of drug-likeness (QED) is 0.434. The zero-order chi connectivity index (χ0) is 14.2. The molecule has 0 aliphatic carbocycles. The summed E-state index contributed by atoms with van der Waals surface area (Å²) in [7, 11) is 1.57. The number of carbonyl (C=O) groups is 1. The number of alkyl halides is 1. The Morgan fingerprint density at radius 3 is 2.50 bits per heavy atom. The van der Waals surface area contributed by atoms with E-state index in [4.69, 9.17) is 14.2 Å². The molecule has 0 aromatic rings. The molecular formula is C13H23IO4. The molecule has 3 atom stereocenters. The molecule has 0 N–H and O–H groups in total. The van der Waals surface area contributed by atoms with Crippen LogP contribution in [0.25, 0.3) is 0 Å². The van der Waals surface area contributed by atoms with E-state index in [1.165, 1.54) is 0 Å². The summed E-state index contributed by atoms with van der Waals surface area (Å²) in [6.07, 6.45) is 0.326. The molecule has 0 amide bonds. The van der Waals surface area contributed by atoms with Gasteiger partial charge in [0, 0.05) is 12.5 Å². The summed E-state index contributed by atoms with van der Waals surface area (Å²) in [5.41, 5.74) is -0.249. The molecule has 3 unspecified atom stereocenters. The van der Waals surface area contributed by atoms with Crippen molar-refractivity contribution in [3.05, 3.63) is 0 Å². The number of ether oxygens (including phenoxy) is 3. The smallest absolute Gasteiger partial charge is 0.322 e. The van der Waals surface area contributed by atoms with Crippen LogP contribution in [0.1, 0.15) is 41.0 Å². The molecule has 1 aliphatic rings. The van der Waals surface area contributed by atoms with E-state index < -0.39 is 15.3 Å². The van der Waals surface area contributed by atoms with Gasteiger partial charge in [0.15, 0.2) is 6.10 Å². The highest BCUT2D eigenvalue weighted by Gasteiger charge is 2.55. The van der Waals surface area contributed by atoms with Crippen LogP contribution >= 0.6 is 22.6 Å². The van der Waals surface area contributed by atoms with Gasteiger partial charge < -0.3 is 14.2 Å². The van der Waals surface area contributed by atoms with Gasteiger partial charge in [-0.3, -0.25) is 4.79 Å². The van der Waals surface area contributed by atoms with Gasteiger partial charge in [-0.2, -0.15) is 0 Å². The van der Waals surface area contributed by atoms with E-state index in [2.05, 4.69) is 22.6 Å². The minimum absolute atomic E-state index is 0.211. The molecule has 18 heavy (non-hydrogen) atoms. The fraction of sp³-hybridized carbons (Fsp3) is 0.923. The summed E-state index contributed by atoms with van der Waals surface area (Å²) in [6, 6.07) is 0. The second kappa shape index (κ2) is 5.25. The molecule has 1 aliphatic heterocycles. The van der Waals surface area contributed by atoms with Crippen LogP contribution in [-0.2, 0) is 19.0 Å². The molecule has 0 aromatic heterocycles. The molecule has 1 rings (SSSR count). The van der Waals surface area contributed by atoms with Gasteiger partial charge in [0.25, 0.3) is 0 Å². The van der Waals surface area contributed by atoms with Gasteiger partial charge in [-0.15, -0.1) is 0 Å². The van der Waals surface area contributed by atoms with Crippen LogP contribution in [0.3, 0.4) is 0 Å². The topological polar surface area (TPSA) is 44.8 Å². The maximum Gasteiger partial charge on any atom is 0.322 e. The monoisotopic (exact) mass is 370 g/mol. The fourth-order valence-electron chi connectivity index (χ4n) is 2.00. The molecular weight excluding hydrogens is 347 g/mol. The van der Waals surface area contributed by atoms with Gasteiger partial charge >= 0.3 is 5.97 Å². The van der Waals surface area contributed by atoms with E-state index in [-0.39, 0.29) is 11.4 Å². The average molecular weight is 370 g/mol. The number of rotatable bonds is 4. The van der Waals surface area contributed by atoms with Crippen molar-refractivity contribution in [3.63, 3.8) is 0 Å². The Bertz CT molecular complexity index is 327. The largest absolute Gasteiger partial charge is 0.455 e. The lowest BCUT2D eigenvalue weighted by Gasteiger charge is -2.35. The van der Waals surface area contributed by atoms with Gasteiger partial charge in [0.2, 0.25) is 5.79 Å². The summed E-state index contributed by atoms with van der Waals surface area (Å²) in [6.45, 7) is 10.2. The third-order valence-electron chi connectivity index (χ3n) is 3.64. The maximum atomic E-state index is 12.2. The zero-order valence-electron chi connectivity index (χ0n) is 12.0. The van der Waals surface area contributed by atoms with E-state index in [0.29, 0.717) is 6.61 Å². The summed E-state index contributed by atoms with van der Waals surface area (Å²) in [4.78, 5) is 12.2. The first-order valence-corrected chi connectivity index (χ1v) is 7.26. The van der Waals surface area contributed by atoms with Crippen molar-refractivity contribution in [2.75, 3.05) is 13.7 Å². The van der Waals surface area contributed by atoms with E-state index in [0.717, 1.165) is 6.42 Å². The van der Waals surface area contributed by atoms with Gasteiger partial charge in [0.1, 0.15) is 3.42 Å². The van der Waals surface area contributed by atoms with Crippen molar-refractivity contribution in [3.8, 4) is 0 Å². The zero-order valence-corrected chi connectivity index (χ0v) is 14.2.